The van der Waals surface area contributed by atoms with Crippen LogP contribution in [0.15, 0.2) is 23.8 Å². The third kappa shape index (κ3) is 3.30. The molecule has 31 heavy (non-hydrogen) atoms. The second kappa shape index (κ2) is 8.22. The van der Waals surface area contributed by atoms with E-state index in [2.05, 4.69) is 44.3 Å². The summed E-state index contributed by atoms with van der Waals surface area (Å²) in [6.45, 7) is 7.06. The van der Waals surface area contributed by atoms with Gasteiger partial charge in [-0.2, -0.15) is 0 Å². The van der Waals surface area contributed by atoms with Crippen LogP contribution in [0.25, 0.3) is 0 Å². The van der Waals surface area contributed by atoms with Crippen LogP contribution in [0.4, 0.5) is 4.79 Å². The maximum absolute atomic E-state index is 13.0. The van der Waals surface area contributed by atoms with Crippen molar-refractivity contribution in [1.82, 2.24) is 5.32 Å². The van der Waals surface area contributed by atoms with E-state index >= 15 is 0 Å². The fourth-order valence-corrected chi connectivity index (χ4v) is 7.62. The highest BCUT2D eigenvalue weighted by molar-refractivity contribution is 6.29. The average Bonchev–Trinajstić information content (AvgIpc) is 3.06. The summed E-state index contributed by atoms with van der Waals surface area (Å²) in [5.74, 6) is 0.744. The molecule has 0 aromatic rings. The molecule has 1 N–H and O–H groups in total. The highest BCUT2D eigenvalue weighted by Crippen LogP contribution is 2.67. The Morgan fingerprint density at radius 3 is 2.71 bits per heavy atom. The predicted molar refractivity (Wildman–Crippen MR) is 119 cm³/mol. The molecule has 0 aromatic carbocycles. The fourth-order valence-electron chi connectivity index (χ4n) is 7.62. The SMILES string of the molecule is CCCCNC(=O)O[C@]1(C(=O)C=O)CC[C@H]2[C@@H]3CCC4=CCC=C[C@]4(C)[C@H]3CC[C@@]21C. The summed E-state index contributed by atoms with van der Waals surface area (Å²) in [7, 11) is 0. The standard InChI is InChI=1S/C26H37NO4/c1-4-5-16-27-23(30)31-26(22(29)17-28)15-12-21-19-10-9-18-8-6-7-13-24(18,2)20(19)11-14-25(21,26)3/h7-8,13,17,19-21H,4-6,9-12,14-16H2,1-3H3,(H,27,30)/t19-,20+,21+,24+,25+,26+/m1/s1. The Kier molecular flexibility index (Phi) is 5.91. The maximum atomic E-state index is 13.0. The van der Waals surface area contributed by atoms with Gasteiger partial charge in [0.05, 0.1) is 0 Å². The van der Waals surface area contributed by atoms with E-state index in [9.17, 15) is 14.4 Å². The molecule has 5 heteroatoms. The van der Waals surface area contributed by atoms with E-state index in [-0.39, 0.29) is 11.3 Å². The van der Waals surface area contributed by atoms with E-state index in [4.69, 9.17) is 4.74 Å². The molecule has 3 fully saturated rings. The first kappa shape index (κ1) is 22.3. The van der Waals surface area contributed by atoms with Crippen molar-refractivity contribution in [3.05, 3.63) is 23.8 Å². The number of hydrogen-bond donors (Lipinski definition) is 1. The van der Waals surface area contributed by atoms with E-state index in [0.29, 0.717) is 31.1 Å². The van der Waals surface area contributed by atoms with Crippen molar-refractivity contribution in [1.29, 1.82) is 0 Å². The van der Waals surface area contributed by atoms with Crippen molar-refractivity contribution < 1.29 is 19.1 Å². The van der Waals surface area contributed by atoms with Gasteiger partial charge in [-0.05, 0) is 69.1 Å². The number of alkyl carbamates (subject to hydrolysis) is 1. The Bertz CT molecular complexity index is 816. The number of fused-ring (bicyclic) bond motifs is 5. The first-order chi connectivity index (χ1) is 14.8. The molecule has 0 unspecified atom stereocenters. The average molecular weight is 428 g/mol. The minimum atomic E-state index is -1.33. The van der Waals surface area contributed by atoms with Gasteiger partial charge in [0, 0.05) is 17.4 Å². The molecule has 4 aliphatic carbocycles. The molecule has 1 amide bonds. The zero-order valence-electron chi connectivity index (χ0n) is 19.2. The number of rotatable bonds is 6. The number of allylic oxidation sites excluding steroid dienone is 4. The molecule has 0 aromatic heterocycles. The van der Waals surface area contributed by atoms with Gasteiger partial charge >= 0.3 is 6.09 Å². The quantitative estimate of drug-likeness (QED) is 0.275. The normalized spacial score (nSPS) is 40.7. The molecule has 0 spiro atoms. The molecule has 0 saturated heterocycles. The van der Waals surface area contributed by atoms with E-state index in [0.717, 1.165) is 51.4 Å². The second-order valence-electron chi connectivity index (χ2n) is 10.5. The number of hydrogen-bond acceptors (Lipinski definition) is 4. The Balaban J connectivity index is 1.62. The Hall–Kier alpha value is -1.91. The first-order valence-corrected chi connectivity index (χ1v) is 12.2. The fraction of sp³-hybridized carbons (Fsp3) is 0.731. The Labute approximate surface area is 186 Å². The summed E-state index contributed by atoms with van der Waals surface area (Å²) >= 11 is 0. The van der Waals surface area contributed by atoms with Gasteiger partial charge in [-0.1, -0.05) is 51.0 Å². The van der Waals surface area contributed by atoms with Gasteiger partial charge < -0.3 is 10.1 Å². The molecule has 170 valence electrons. The summed E-state index contributed by atoms with van der Waals surface area (Å²) in [5, 5.41) is 2.78. The van der Waals surface area contributed by atoms with Crippen LogP contribution in [-0.2, 0) is 14.3 Å². The summed E-state index contributed by atoms with van der Waals surface area (Å²) < 4.78 is 5.93. The minimum Gasteiger partial charge on any atom is -0.434 e. The molecule has 0 aliphatic heterocycles. The number of amides is 1. The van der Waals surface area contributed by atoms with Crippen molar-refractivity contribution >= 4 is 18.2 Å². The number of Topliss-reactive ketones (excluding diaryl/α,β-unsaturated/α-hetero) is 1. The monoisotopic (exact) mass is 427 g/mol. The zero-order valence-corrected chi connectivity index (χ0v) is 19.2. The largest absolute Gasteiger partial charge is 0.434 e. The van der Waals surface area contributed by atoms with Gasteiger partial charge in [-0.3, -0.25) is 9.59 Å². The number of ether oxygens (including phenoxy) is 1. The highest BCUT2D eigenvalue weighted by Gasteiger charge is 2.68. The Morgan fingerprint density at radius 1 is 1.19 bits per heavy atom. The van der Waals surface area contributed by atoms with Gasteiger partial charge in [-0.15, -0.1) is 0 Å². The third-order valence-electron chi connectivity index (χ3n) is 9.30. The maximum Gasteiger partial charge on any atom is 0.408 e. The zero-order chi connectivity index (χ0) is 22.3. The van der Waals surface area contributed by atoms with E-state index in [1.165, 1.54) is 0 Å². The number of carbonyl (C=O) groups is 3. The third-order valence-corrected chi connectivity index (χ3v) is 9.30. The van der Waals surface area contributed by atoms with Crippen LogP contribution in [0.5, 0.6) is 0 Å². The van der Waals surface area contributed by atoms with E-state index < -0.39 is 22.9 Å². The van der Waals surface area contributed by atoms with Gasteiger partial charge in [0.2, 0.25) is 5.78 Å². The molecule has 0 heterocycles. The van der Waals surface area contributed by atoms with Crippen molar-refractivity contribution in [2.75, 3.05) is 6.54 Å². The second-order valence-corrected chi connectivity index (χ2v) is 10.5. The molecule has 6 atom stereocenters. The smallest absolute Gasteiger partial charge is 0.408 e. The van der Waals surface area contributed by atoms with Crippen LogP contribution in [0.2, 0.25) is 0 Å². The molecule has 5 nitrogen and oxygen atoms in total. The topological polar surface area (TPSA) is 72.5 Å². The van der Waals surface area contributed by atoms with Gasteiger partial charge in [-0.25, -0.2) is 4.79 Å². The summed E-state index contributed by atoms with van der Waals surface area (Å²) in [4.78, 5) is 37.3. The summed E-state index contributed by atoms with van der Waals surface area (Å²) in [5.41, 5.74) is -0.162. The number of aldehydes is 1. The van der Waals surface area contributed by atoms with Crippen LogP contribution < -0.4 is 5.32 Å². The van der Waals surface area contributed by atoms with Crippen LogP contribution in [0.1, 0.15) is 78.6 Å². The number of ketones is 1. The molecular formula is C26H37NO4. The van der Waals surface area contributed by atoms with Crippen molar-refractivity contribution in [2.45, 2.75) is 84.2 Å². The lowest BCUT2D eigenvalue weighted by molar-refractivity contribution is -0.162. The van der Waals surface area contributed by atoms with Gasteiger partial charge in [0.25, 0.3) is 0 Å². The molecule has 4 aliphatic rings. The minimum absolute atomic E-state index is 0.0980. The lowest BCUT2D eigenvalue weighted by Gasteiger charge is -2.58. The van der Waals surface area contributed by atoms with E-state index in [1.807, 2.05) is 0 Å². The van der Waals surface area contributed by atoms with Crippen LogP contribution >= 0.6 is 0 Å². The molecule has 0 bridgehead atoms. The number of nitrogens with one attached hydrogen (secondary N) is 1. The molecule has 0 radical (unpaired) electrons. The first-order valence-electron chi connectivity index (χ1n) is 12.2. The molecular weight excluding hydrogens is 390 g/mol. The van der Waals surface area contributed by atoms with Gasteiger partial charge in [0.15, 0.2) is 11.9 Å². The van der Waals surface area contributed by atoms with Crippen LogP contribution in [0.3, 0.4) is 0 Å². The molecule has 4 rings (SSSR count). The van der Waals surface area contributed by atoms with Gasteiger partial charge in [0.1, 0.15) is 0 Å². The number of carbonyl (C=O) groups excluding carboxylic acids is 3. The number of unbranched alkanes of at least 4 members (excludes halogenated alkanes) is 1. The summed E-state index contributed by atoms with van der Waals surface area (Å²) in [6, 6.07) is 0. The highest BCUT2D eigenvalue weighted by atomic mass is 16.6. The van der Waals surface area contributed by atoms with E-state index in [1.54, 1.807) is 5.57 Å². The predicted octanol–water partition coefficient (Wildman–Crippen LogP) is 5.15. The van der Waals surface area contributed by atoms with Crippen molar-refractivity contribution in [2.24, 2.45) is 28.6 Å². The lowest BCUT2D eigenvalue weighted by Crippen LogP contribution is -2.60. The lowest BCUT2D eigenvalue weighted by atomic mass is 9.47. The summed E-state index contributed by atoms with van der Waals surface area (Å²) in [6.07, 6.45) is 15.1. The van der Waals surface area contributed by atoms with Crippen molar-refractivity contribution in [3.8, 4) is 0 Å². The van der Waals surface area contributed by atoms with Crippen molar-refractivity contribution in [3.63, 3.8) is 0 Å². The Morgan fingerprint density at radius 2 is 1.97 bits per heavy atom. The van der Waals surface area contributed by atoms with Crippen LogP contribution in [0, 0.1) is 28.6 Å². The molecule has 3 saturated carbocycles. The van der Waals surface area contributed by atoms with Crippen LogP contribution in [-0.4, -0.2) is 30.3 Å².